The van der Waals surface area contributed by atoms with E-state index in [0.29, 0.717) is 10.7 Å². The van der Waals surface area contributed by atoms with Gasteiger partial charge in [-0.1, -0.05) is 61.1 Å². The predicted molar refractivity (Wildman–Crippen MR) is 110 cm³/mol. The molecule has 4 heteroatoms. The molecule has 4 aromatic rings. The fourth-order valence-electron chi connectivity index (χ4n) is 3.06. The SMILES string of the molecule is CCCCc1ccc2nc(NC(=O)c3ccc4ccccc4c3)sc2c1. The number of hydrogen-bond acceptors (Lipinski definition) is 3. The quantitative estimate of drug-likeness (QED) is 0.471. The second-order valence-electron chi connectivity index (χ2n) is 6.44. The Morgan fingerprint density at radius 3 is 2.73 bits per heavy atom. The molecule has 0 saturated heterocycles. The zero-order valence-electron chi connectivity index (χ0n) is 14.7. The molecule has 0 radical (unpaired) electrons. The van der Waals surface area contributed by atoms with Gasteiger partial charge >= 0.3 is 0 Å². The minimum Gasteiger partial charge on any atom is -0.298 e. The van der Waals surface area contributed by atoms with Crippen molar-refractivity contribution < 1.29 is 4.79 Å². The minimum atomic E-state index is -0.124. The second kappa shape index (κ2) is 7.26. The molecule has 3 nitrogen and oxygen atoms in total. The van der Waals surface area contributed by atoms with Gasteiger partial charge in [-0.2, -0.15) is 0 Å². The van der Waals surface area contributed by atoms with E-state index in [1.165, 1.54) is 29.7 Å². The number of rotatable bonds is 5. The average Bonchev–Trinajstić information content (AvgIpc) is 3.07. The van der Waals surface area contributed by atoms with Crippen LogP contribution in [0.3, 0.4) is 0 Å². The molecule has 130 valence electrons. The summed E-state index contributed by atoms with van der Waals surface area (Å²) in [5.41, 5.74) is 2.91. The number of unbranched alkanes of at least 4 members (excludes halogenated alkanes) is 1. The van der Waals surface area contributed by atoms with Gasteiger partial charge in [-0.05, 0) is 53.4 Å². The molecule has 0 spiro atoms. The van der Waals surface area contributed by atoms with E-state index in [-0.39, 0.29) is 5.91 Å². The van der Waals surface area contributed by atoms with Gasteiger partial charge in [-0.25, -0.2) is 4.98 Å². The second-order valence-corrected chi connectivity index (χ2v) is 7.47. The fourth-order valence-corrected chi connectivity index (χ4v) is 3.98. The number of aryl methyl sites for hydroxylation is 1. The average molecular weight is 360 g/mol. The predicted octanol–water partition coefficient (Wildman–Crippen LogP) is 6.04. The number of nitrogens with one attached hydrogen (secondary N) is 1. The first-order chi connectivity index (χ1) is 12.7. The lowest BCUT2D eigenvalue weighted by Gasteiger charge is -2.03. The Bertz CT molecular complexity index is 1080. The zero-order valence-corrected chi connectivity index (χ0v) is 15.5. The molecule has 26 heavy (non-hydrogen) atoms. The first kappa shape index (κ1) is 16.7. The molecule has 1 N–H and O–H groups in total. The van der Waals surface area contributed by atoms with Crippen LogP contribution in [0.2, 0.25) is 0 Å². The van der Waals surface area contributed by atoms with Gasteiger partial charge in [0.2, 0.25) is 0 Å². The number of carbonyl (C=O) groups excluding carboxylic acids is 1. The van der Waals surface area contributed by atoms with E-state index in [1.54, 1.807) is 0 Å². The fraction of sp³-hybridized carbons (Fsp3) is 0.182. The third kappa shape index (κ3) is 3.46. The van der Waals surface area contributed by atoms with Gasteiger partial charge in [-0.15, -0.1) is 0 Å². The highest BCUT2D eigenvalue weighted by atomic mass is 32.1. The van der Waals surface area contributed by atoms with Crippen LogP contribution in [-0.4, -0.2) is 10.9 Å². The van der Waals surface area contributed by atoms with Crippen LogP contribution in [0.25, 0.3) is 21.0 Å². The molecule has 3 aromatic carbocycles. The van der Waals surface area contributed by atoms with Gasteiger partial charge in [0.05, 0.1) is 10.2 Å². The normalized spacial score (nSPS) is 11.1. The molecule has 0 aliphatic carbocycles. The number of fused-ring (bicyclic) bond motifs is 2. The summed E-state index contributed by atoms with van der Waals surface area (Å²) in [5, 5.41) is 5.78. The minimum absolute atomic E-state index is 0.124. The molecule has 0 aliphatic rings. The van der Waals surface area contributed by atoms with Gasteiger partial charge in [0, 0.05) is 5.56 Å². The van der Waals surface area contributed by atoms with E-state index in [2.05, 4.69) is 29.4 Å². The summed E-state index contributed by atoms with van der Waals surface area (Å²) in [4.78, 5) is 17.1. The van der Waals surface area contributed by atoms with Crippen molar-refractivity contribution in [3.63, 3.8) is 0 Å². The van der Waals surface area contributed by atoms with Crippen molar-refractivity contribution in [2.24, 2.45) is 0 Å². The Morgan fingerprint density at radius 2 is 1.88 bits per heavy atom. The number of nitrogens with zero attached hydrogens (tertiary/aromatic N) is 1. The summed E-state index contributed by atoms with van der Waals surface area (Å²) < 4.78 is 1.12. The van der Waals surface area contributed by atoms with Crippen LogP contribution in [0.4, 0.5) is 5.13 Å². The van der Waals surface area contributed by atoms with Crippen molar-refractivity contribution in [2.75, 3.05) is 5.32 Å². The highest BCUT2D eigenvalue weighted by molar-refractivity contribution is 7.22. The van der Waals surface area contributed by atoms with Crippen LogP contribution in [-0.2, 0) is 6.42 Å². The monoisotopic (exact) mass is 360 g/mol. The van der Waals surface area contributed by atoms with Crippen LogP contribution < -0.4 is 5.32 Å². The summed E-state index contributed by atoms with van der Waals surface area (Å²) in [6.45, 7) is 2.20. The van der Waals surface area contributed by atoms with Crippen molar-refractivity contribution >= 4 is 43.4 Å². The van der Waals surface area contributed by atoms with Crippen molar-refractivity contribution in [3.8, 4) is 0 Å². The number of benzene rings is 3. The molecular formula is C22H20N2OS. The Kier molecular flexibility index (Phi) is 4.67. The van der Waals surface area contributed by atoms with Crippen LogP contribution in [0.1, 0.15) is 35.7 Å². The van der Waals surface area contributed by atoms with Crippen molar-refractivity contribution in [1.82, 2.24) is 4.98 Å². The van der Waals surface area contributed by atoms with Gasteiger partial charge < -0.3 is 0 Å². The van der Waals surface area contributed by atoms with Gasteiger partial charge in [-0.3, -0.25) is 10.1 Å². The molecule has 1 amide bonds. The number of amides is 1. The number of anilines is 1. The van der Waals surface area contributed by atoms with E-state index in [1.807, 2.05) is 48.5 Å². The molecule has 1 aromatic heterocycles. The lowest BCUT2D eigenvalue weighted by atomic mass is 10.1. The van der Waals surface area contributed by atoms with E-state index in [4.69, 9.17) is 0 Å². The summed E-state index contributed by atoms with van der Waals surface area (Å²) in [6, 6.07) is 20.1. The van der Waals surface area contributed by atoms with Crippen LogP contribution in [0, 0.1) is 0 Å². The van der Waals surface area contributed by atoms with Crippen molar-refractivity contribution in [1.29, 1.82) is 0 Å². The first-order valence-corrected chi connectivity index (χ1v) is 9.74. The maximum atomic E-state index is 12.6. The van der Waals surface area contributed by atoms with Crippen LogP contribution in [0.5, 0.6) is 0 Å². The van der Waals surface area contributed by atoms with E-state index in [0.717, 1.165) is 27.4 Å². The van der Waals surface area contributed by atoms with Crippen LogP contribution >= 0.6 is 11.3 Å². The number of aromatic nitrogens is 1. The molecule has 1 heterocycles. The highest BCUT2D eigenvalue weighted by Crippen LogP contribution is 2.28. The van der Waals surface area contributed by atoms with E-state index in [9.17, 15) is 4.79 Å². The largest absolute Gasteiger partial charge is 0.298 e. The van der Waals surface area contributed by atoms with Crippen LogP contribution in [0.15, 0.2) is 60.7 Å². The topological polar surface area (TPSA) is 42.0 Å². The van der Waals surface area contributed by atoms with Crippen molar-refractivity contribution in [2.45, 2.75) is 26.2 Å². The Morgan fingerprint density at radius 1 is 1.04 bits per heavy atom. The maximum Gasteiger partial charge on any atom is 0.257 e. The third-order valence-electron chi connectivity index (χ3n) is 4.50. The molecule has 0 aliphatic heterocycles. The molecule has 0 unspecified atom stereocenters. The van der Waals surface area contributed by atoms with Gasteiger partial charge in [0.15, 0.2) is 5.13 Å². The molecule has 0 saturated carbocycles. The summed E-state index contributed by atoms with van der Waals surface area (Å²) >= 11 is 1.53. The molecular weight excluding hydrogens is 340 g/mol. The molecule has 0 bridgehead atoms. The standard InChI is InChI=1S/C22H20N2OS/c1-2-3-6-15-9-12-19-20(13-15)26-22(23-19)24-21(25)18-11-10-16-7-4-5-8-17(16)14-18/h4-5,7-14H,2-3,6H2,1H3,(H,23,24,25). The van der Waals surface area contributed by atoms with Gasteiger partial charge in [0.1, 0.15) is 0 Å². The Hall–Kier alpha value is -2.72. The first-order valence-electron chi connectivity index (χ1n) is 8.92. The zero-order chi connectivity index (χ0) is 17.9. The number of thiazole rings is 1. The molecule has 0 fully saturated rings. The lowest BCUT2D eigenvalue weighted by Crippen LogP contribution is -2.11. The van der Waals surface area contributed by atoms with E-state index < -0.39 is 0 Å². The number of carbonyl (C=O) groups is 1. The number of hydrogen-bond donors (Lipinski definition) is 1. The molecule has 0 atom stereocenters. The third-order valence-corrected chi connectivity index (χ3v) is 5.44. The smallest absolute Gasteiger partial charge is 0.257 e. The summed E-state index contributed by atoms with van der Waals surface area (Å²) in [6.07, 6.45) is 3.47. The van der Waals surface area contributed by atoms with Gasteiger partial charge in [0.25, 0.3) is 5.91 Å². The maximum absolute atomic E-state index is 12.6. The molecule has 4 rings (SSSR count). The lowest BCUT2D eigenvalue weighted by molar-refractivity contribution is 0.102. The Balaban J connectivity index is 1.56. The Labute approximate surface area is 156 Å². The summed E-state index contributed by atoms with van der Waals surface area (Å²) in [7, 11) is 0. The van der Waals surface area contributed by atoms with E-state index >= 15 is 0 Å². The summed E-state index contributed by atoms with van der Waals surface area (Å²) in [5.74, 6) is -0.124. The highest BCUT2D eigenvalue weighted by Gasteiger charge is 2.11. The van der Waals surface area contributed by atoms with Crippen molar-refractivity contribution in [3.05, 3.63) is 71.8 Å².